The van der Waals surface area contributed by atoms with Crippen LogP contribution in [0.4, 0.5) is 0 Å². The van der Waals surface area contributed by atoms with Crippen LogP contribution in [0.1, 0.15) is 44.6 Å². The van der Waals surface area contributed by atoms with Crippen LogP contribution in [0, 0.1) is 23.2 Å². The van der Waals surface area contributed by atoms with E-state index >= 15 is 0 Å². The number of nitrogens with zero attached hydrogens (tertiary/aromatic N) is 1. The Balaban J connectivity index is 1.42. The third kappa shape index (κ3) is 3.12. The Bertz CT molecular complexity index is 659. The number of hydrogen-bond acceptors (Lipinski definition) is 4. The molecule has 0 radical (unpaired) electrons. The monoisotopic (exact) mass is 340 g/mol. The normalized spacial score (nSPS) is 37.3. The van der Waals surface area contributed by atoms with Crippen LogP contribution in [-0.2, 0) is 16.1 Å². The maximum absolute atomic E-state index is 12.5. The van der Waals surface area contributed by atoms with Crippen molar-refractivity contribution in [1.82, 2.24) is 10.3 Å². The number of aromatic nitrogens is 1. The Morgan fingerprint density at radius 2 is 2.36 bits per heavy atom. The van der Waals surface area contributed by atoms with Crippen LogP contribution in [0.3, 0.4) is 0 Å². The molecular weight excluding hydrogens is 312 g/mol. The van der Waals surface area contributed by atoms with Crippen molar-refractivity contribution in [3.63, 3.8) is 0 Å². The van der Waals surface area contributed by atoms with Crippen LogP contribution >= 0.6 is 0 Å². The van der Waals surface area contributed by atoms with Crippen molar-refractivity contribution in [2.24, 2.45) is 23.2 Å². The summed E-state index contributed by atoms with van der Waals surface area (Å²) in [5.74, 6) is 0.849. The molecule has 2 aliphatic carbocycles. The number of hydrogen-bond donors (Lipinski definition) is 1. The van der Waals surface area contributed by atoms with Crippen LogP contribution in [0.15, 0.2) is 36.7 Å². The number of pyridine rings is 1. The highest BCUT2D eigenvalue weighted by Gasteiger charge is 2.54. The van der Waals surface area contributed by atoms with Gasteiger partial charge < -0.3 is 10.1 Å². The fourth-order valence-corrected chi connectivity index (χ4v) is 5.36. The minimum atomic E-state index is -0.0269. The van der Waals surface area contributed by atoms with Gasteiger partial charge in [0.15, 0.2) is 0 Å². The lowest BCUT2D eigenvalue weighted by atomic mass is 9.55. The number of esters is 1. The molecule has 4 heteroatoms. The van der Waals surface area contributed by atoms with Gasteiger partial charge in [0.25, 0.3) is 0 Å². The average Bonchev–Trinajstić information content (AvgIpc) is 2.88. The van der Waals surface area contributed by atoms with Gasteiger partial charge in [-0.15, -0.1) is 0 Å². The van der Waals surface area contributed by atoms with Gasteiger partial charge in [0, 0.05) is 31.4 Å². The fourth-order valence-electron chi connectivity index (χ4n) is 5.36. The van der Waals surface area contributed by atoms with Crippen molar-refractivity contribution in [1.29, 1.82) is 0 Å². The van der Waals surface area contributed by atoms with Gasteiger partial charge in [-0.3, -0.25) is 9.78 Å². The molecule has 2 saturated carbocycles. The van der Waals surface area contributed by atoms with E-state index in [0.717, 1.165) is 31.4 Å². The van der Waals surface area contributed by atoms with E-state index in [1.807, 2.05) is 18.3 Å². The first-order valence-corrected chi connectivity index (χ1v) is 9.54. The number of ether oxygens (including phenoxy) is 1. The number of fused-ring (bicyclic) bond motifs is 2. The van der Waals surface area contributed by atoms with Crippen LogP contribution in [0.5, 0.6) is 0 Å². The van der Waals surface area contributed by atoms with Gasteiger partial charge in [0.05, 0.1) is 5.92 Å². The standard InChI is InChI=1S/C21H28N2O2/c1-14-5-3-7-21(2)10-19-16(9-18(14)21)17(20(24)25-19)13-23-12-15-6-4-8-22-11-15/h4,6,8,11,16-19,23H,1,3,5,7,9-10,12-13H2,2H3/t16-,17-,18-,19+,21+/m0/s1. The Labute approximate surface area is 150 Å². The van der Waals surface area contributed by atoms with Gasteiger partial charge >= 0.3 is 5.97 Å². The van der Waals surface area contributed by atoms with E-state index in [0.29, 0.717) is 18.4 Å². The second-order valence-corrected chi connectivity index (χ2v) is 8.40. The molecule has 0 spiro atoms. The zero-order valence-corrected chi connectivity index (χ0v) is 15.0. The Kier molecular flexibility index (Phi) is 4.40. The van der Waals surface area contributed by atoms with Gasteiger partial charge in [-0.25, -0.2) is 0 Å². The summed E-state index contributed by atoms with van der Waals surface area (Å²) in [4.78, 5) is 16.6. The van der Waals surface area contributed by atoms with Gasteiger partial charge in [-0.2, -0.15) is 0 Å². The summed E-state index contributed by atoms with van der Waals surface area (Å²) in [6, 6.07) is 3.99. The quantitative estimate of drug-likeness (QED) is 0.673. The number of rotatable bonds is 4. The summed E-state index contributed by atoms with van der Waals surface area (Å²) in [7, 11) is 0. The molecule has 0 bridgehead atoms. The highest BCUT2D eigenvalue weighted by Crippen LogP contribution is 2.56. The van der Waals surface area contributed by atoms with Gasteiger partial charge in [-0.05, 0) is 55.1 Å². The van der Waals surface area contributed by atoms with E-state index in [-0.39, 0.29) is 23.4 Å². The lowest BCUT2D eigenvalue weighted by molar-refractivity contribution is -0.146. The first-order valence-electron chi connectivity index (χ1n) is 9.54. The second kappa shape index (κ2) is 6.56. The third-order valence-corrected chi connectivity index (χ3v) is 6.74. The highest BCUT2D eigenvalue weighted by atomic mass is 16.6. The first kappa shape index (κ1) is 16.8. The fraction of sp³-hybridized carbons (Fsp3) is 0.619. The molecule has 2 heterocycles. The topological polar surface area (TPSA) is 51.2 Å². The molecule has 0 amide bonds. The summed E-state index contributed by atoms with van der Waals surface area (Å²) in [6.45, 7) is 8.15. The van der Waals surface area contributed by atoms with E-state index < -0.39 is 0 Å². The van der Waals surface area contributed by atoms with Crippen LogP contribution < -0.4 is 5.32 Å². The maximum Gasteiger partial charge on any atom is 0.310 e. The minimum Gasteiger partial charge on any atom is -0.462 e. The molecule has 5 atom stereocenters. The Morgan fingerprint density at radius 1 is 1.48 bits per heavy atom. The molecule has 0 unspecified atom stereocenters. The molecule has 1 saturated heterocycles. The molecule has 3 aliphatic rings. The summed E-state index contributed by atoms with van der Waals surface area (Å²) < 4.78 is 5.81. The van der Waals surface area contributed by atoms with Crippen molar-refractivity contribution in [3.8, 4) is 0 Å². The SMILES string of the molecule is C=C1CCC[C@]2(C)C[C@H]3OC(=O)[C@@H](CNCc4cccnc4)[C@@H]3C[C@@H]12. The molecule has 1 aromatic heterocycles. The summed E-state index contributed by atoms with van der Waals surface area (Å²) in [5, 5.41) is 3.44. The molecule has 134 valence electrons. The predicted molar refractivity (Wildman–Crippen MR) is 96.6 cm³/mol. The largest absolute Gasteiger partial charge is 0.462 e. The van der Waals surface area contributed by atoms with Gasteiger partial charge in [0.1, 0.15) is 6.10 Å². The number of carbonyl (C=O) groups is 1. The van der Waals surface area contributed by atoms with E-state index in [9.17, 15) is 4.79 Å². The Morgan fingerprint density at radius 3 is 3.16 bits per heavy atom. The van der Waals surface area contributed by atoms with Gasteiger partial charge in [-0.1, -0.05) is 25.1 Å². The van der Waals surface area contributed by atoms with Crippen molar-refractivity contribution in [2.45, 2.75) is 51.7 Å². The van der Waals surface area contributed by atoms with Crippen LogP contribution in [0.25, 0.3) is 0 Å². The van der Waals surface area contributed by atoms with Crippen LogP contribution in [0.2, 0.25) is 0 Å². The number of carbonyl (C=O) groups excluding carboxylic acids is 1. The lowest BCUT2D eigenvalue weighted by Crippen LogP contribution is -2.45. The minimum absolute atomic E-state index is 0.0125. The zero-order chi connectivity index (χ0) is 17.4. The zero-order valence-electron chi connectivity index (χ0n) is 15.0. The smallest absolute Gasteiger partial charge is 0.310 e. The first-order chi connectivity index (χ1) is 12.1. The second-order valence-electron chi connectivity index (χ2n) is 8.40. The average molecular weight is 340 g/mol. The lowest BCUT2D eigenvalue weighted by Gasteiger charge is -2.50. The van der Waals surface area contributed by atoms with E-state index in [1.54, 1.807) is 6.20 Å². The molecule has 1 aromatic rings. The molecule has 0 aromatic carbocycles. The molecule has 4 rings (SSSR count). The number of nitrogens with one attached hydrogen (secondary N) is 1. The van der Waals surface area contributed by atoms with E-state index in [2.05, 4.69) is 23.8 Å². The summed E-state index contributed by atoms with van der Waals surface area (Å²) in [5.41, 5.74) is 2.81. The third-order valence-electron chi connectivity index (χ3n) is 6.74. The summed E-state index contributed by atoms with van der Waals surface area (Å²) in [6.07, 6.45) is 9.42. The van der Waals surface area contributed by atoms with Crippen molar-refractivity contribution in [2.75, 3.05) is 6.54 Å². The Hall–Kier alpha value is -1.68. The molecule has 1 aliphatic heterocycles. The van der Waals surface area contributed by atoms with Crippen LogP contribution in [-0.4, -0.2) is 23.6 Å². The van der Waals surface area contributed by atoms with Crippen molar-refractivity contribution in [3.05, 3.63) is 42.2 Å². The maximum atomic E-state index is 12.5. The molecule has 1 N–H and O–H groups in total. The highest BCUT2D eigenvalue weighted by molar-refractivity contribution is 5.75. The van der Waals surface area contributed by atoms with Crippen molar-refractivity contribution < 1.29 is 9.53 Å². The van der Waals surface area contributed by atoms with Crippen molar-refractivity contribution >= 4 is 5.97 Å². The van der Waals surface area contributed by atoms with E-state index in [1.165, 1.54) is 18.4 Å². The number of allylic oxidation sites excluding steroid dienone is 1. The van der Waals surface area contributed by atoms with E-state index in [4.69, 9.17) is 4.74 Å². The molecule has 25 heavy (non-hydrogen) atoms. The molecule has 4 nitrogen and oxygen atoms in total. The molecular formula is C21H28N2O2. The summed E-state index contributed by atoms with van der Waals surface area (Å²) >= 11 is 0. The van der Waals surface area contributed by atoms with Gasteiger partial charge in [0.2, 0.25) is 0 Å². The predicted octanol–water partition coefficient (Wildman–Crippen LogP) is 3.49. The molecule has 3 fully saturated rings.